The number of hydrogen-bond donors (Lipinski definition) is 2. The lowest BCUT2D eigenvalue weighted by Gasteiger charge is -2.48. The minimum atomic E-state index is -1.20. The van der Waals surface area contributed by atoms with Crippen molar-refractivity contribution in [1.29, 1.82) is 0 Å². The summed E-state index contributed by atoms with van der Waals surface area (Å²) in [4.78, 5) is 12.0. The Kier molecular flexibility index (Phi) is 4.60. The van der Waals surface area contributed by atoms with Gasteiger partial charge in [0.1, 0.15) is 5.82 Å². The minimum Gasteiger partial charge on any atom is -0.394 e. The Balaban J connectivity index is 1.35. The first-order valence-corrected chi connectivity index (χ1v) is 12.0. The van der Waals surface area contributed by atoms with E-state index in [0.29, 0.717) is 16.7 Å². The molecule has 1 unspecified atom stereocenters. The van der Waals surface area contributed by atoms with Crippen LogP contribution in [-0.4, -0.2) is 50.8 Å². The fourth-order valence-electron chi connectivity index (χ4n) is 4.92. The van der Waals surface area contributed by atoms with E-state index in [-0.39, 0.29) is 17.6 Å². The van der Waals surface area contributed by atoms with Gasteiger partial charge in [0.2, 0.25) is 5.95 Å². The Morgan fingerprint density at radius 1 is 1.28 bits per heavy atom. The quantitative estimate of drug-likeness (QED) is 0.756. The molecule has 2 aliphatic carbocycles. The van der Waals surface area contributed by atoms with Crippen LogP contribution in [0.2, 0.25) is 5.02 Å². The van der Waals surface area contributed by atoms with Crippen molar-refractivity contribution >= 4 is 34.2 Å². The fraction of sp³-hybridized carbons (Fsp3) is 0.524. The second kappa shape index (κ2) is 6.93. The molecule has 1 saturated carbocycles. The first-order chi connectivity index (χ1) is 13.9. The van der Waals surface area contributed by atoms with Crippen molar-refractivity contribution in [3.8, 4) is 0 Å². The highest BCUT2D eigenvalue weighted by Gasteiger charge is 2.48. The topological polar surface area (TPSA) is 78.4 Å². The highest BCUT2D eigenvalue weighted by molar-refractivity contribution is 7.84. The van der Waals surface area contributed by atoms with Gasteiger partial charge in [0.25, 0.3) is 0 Å². The molecule has 0 amide bonds. The molecule has 1 aromatic heterocycles. The Bertz CT molecular complexity index is 983. The molecule has 1 spiro atoms. The molecule has 0 bridgehead atoms. The van der Waals surface area contributed by atoms with E-state index in [0.717, 1.165) is 50.2 Å². The molecule has 2 N–H and O–H groups in total. The summed E-state index contributed by atoms with van der Waals surface area (Å²) in [6, 6.07) is 6.20. The maximum Gasteiger partial charge on any atom is 0.227 e. The lowest BCUT2D eigenvalue weighted by atomic mass is 9.77. The van der Waals surface area contributed by atoms with Crippen LogP contribution in [0.3, 0.4) is 0 Å². The molecule has 1 aromatic carbocycles. The zero-order valence-electron chi connectivity index (χ0n) is 16.4. The number of aromatic nitrogens is 2. The number of hydrogen-bond acceptors (Lipinski definition) is 6. The second-order valence-electron chi connectivity index (χ2n) is 8.88. The predicted molar refractivity (Wildman–Crippen MR) is 115 cm³/mol. The summed E-state index contributed by atoms with van der Waals surface area (Å²) < 4.78 is 12.2. The van der Waals surface area contributed by atoms with Crippen LogP contribution in [0.15, 0.2) is 29.3 Å². The van der Waals surface area contributed by atoms with Gasteiger partial charge in [-0.05, 0) is 55.4 Å². The average Bonchev–Trinajstić information content (AvgIpc) is 3.02. The molecule has 2 aromatic rings. The third-order valence-corrected chi connectivity index (χ3v) is 7.84. The smallest absolute Gasteiger partial charge is 0.227 e. The van der Waals surface area contributed by atoms with Crippen LogP contribution >= 0.6 is 11.6 Å². The summed E-state index contributed by atoms with van der Waals surface area (Å²) in [6.07, 6.45) is 8.27. The normalized spacial score (nSPS) is 22.0. The van der Waals surface area contributed by atoms with Gasteiger partial charge in [-0.15, -0.1) is 0 Å². The van der Waals surface area contributed by atoms with Crippen LogP contribution in [0.25, 0.3) is 0 Å². The molecule has 2 heterocycles. The second-order valence-corrected chi connectivity index (χ2v) is 10.7. The van der Waals surface area contributed by atoms with Crippen molar-refractivity contribution in [3.05, 3.63) is 40.5 Å². The number of benzene rings is 1. The number of anilines is 2. The van der Waals surface area contributed by atoms with Gasteiger partial charge < -0.3 is 15.3 Å². The molecular formula is C21H25ClN4O2S. The molecule has 8 heteroatoms. The van der Waals surface area contributed by atoms with Gasteiger partial charge in [0.05, 0.1) is 34.0 Å². The Labute approximate surface area is 178 Å². The van der Waals surface area contributed by atoms with Gasteiger partial charge in [-0.3, -0.25) is 4.21 Å². The van der Waals surface area contributed by atoms with Gasteiger partial charge >= 0.3 is 0 Å². The first-order valence-electron chi connectivity index (χ1n) is 10.0. The van der Waals surface area contributed by atoms with Crippen LogP contribution < -0.4 is 10.2 Å². The monoisotopic (exact) mass is 432 g/mol. The summed E-state index contributed by atoms with van der Waals surface area (Å²) in [7, 11) is -1.20. The van der Waals surface area contributed by atoms with Crippen molar-refractivity contribution in [1.82, 2.24) is 9.97 Å². The highest BCUT2D eigenvalue weighted by atomic mass is 35.5. The molecule has 5 rings (SSSR count). The van der Waals surface area contributed by atoms with E-state index in [1.807, 2.05) is 6.07 Å². The zero-order chi connectivity index (χ0) is 20.2. The summed E-state index contributed by atoms with van der Waals surface area (Å²) in [5.74, 6) is 1.25. The van der Waals surface area contributed by atoms with E-state index in [4.69, 9.17) is 16.6 Å². The molecule has 2 fully saturated rings. The molecule has 0 radical (unpaired) electrons. The number of nitrogens with zero attached hydrogens (tertiary/aromatic N) is 3. The Morgan fingerprint density at radius 3 is 2.69 bits per heavy atom. The first kappa shape index (κ1) is 19.3. The van der Waals surface area contributed by atoms with Crippen molar-refractivity contribution in [2.75, 3.05) is 36.2 Å². The van der Waals surface area contributed by atoms with Crippen molar-refractivity contribution in [2.45, 2.75) is 42.5 Å². The Hall–Kier alpha value is -1.70. The molecule has 29 heavy (non-hydrogen) atoms. The van der Waals surface area contributed by atoms with E-state index in [1.165, 1.54) is 11.1 Å². The van der Waals surface area contributed by atoms with E-state index in [9.17, 15) is 9.32 Å². The molecule has 1 atom stereocenters. The van der Waals surface area contributed by atoms with Gasteiger partial charge in [0, 0.05) is 29.8 Å². The molecule has 154 valence electrons. The SMILES string of the molecule is CS(=O)c1cnc(N2CC3(Cc4ccc(Cl)cc4C3)C2)nc1NC1(CO)CCC1. The number of aliphatic hydroxyl groups excluding tert-OH is 1. The summed E-state index contributed by atoms with van der Waals surface area (Å²) in [5.41, 5.74) is 2.63. The maximum absolute atomic E-state index is 12.2. The van der Waals surface area contributed by atoms with Gasteiger partial charge in [-0.1, -0.05) is 17.7 Å². The molecule has 1 saturated heterocycles. The van der Waals surface area contributed by atoms with Gasteiger partial charge in [-0.25, -0.2) is 4.98 Å². The largest absolute Gasteiger partial charge is 0.394 e. The van der Waals surface area contributed by atoms with Crippen molar-refractivity contribution < 1.29 is 9.32 Å². The van der Waals surface area contributed by atoms with E-state index in [1.54, 1.807) is 12.5 Å². The Morgan fingerprint density at radius 2 is 2.03 bits per heavy atom. The van der Waals surface area contributed by atoms with Crippen LogP contribution in [0.5, 0.6) is 0 Å². The summed E-state index contributed by atoms with van der Waals surface area (Å²) in [5, 5.41) is 14.0. The highest BCUT2D eigenvalue weighted by Crippen LogP contribution is 2.45. The van der Waals surface area contributed by atoms with Crippen LogP contribution in [0.4, 0.5) is 11.8 Å². The predicted octanol–water partition coefficient (Wildman–Crippen LogP) is 2.80. The minimum absolute atomic E-state index is 0.0514. The van der Waals surface area contributed by atoms with Crippen LogP contribution in [0.1, 0.15) is 30.4 Å². The summed E-state index contributed by atoms with van der Waals surface area (Å²) >= 11 is 6.16. The van der Waals surface area contributed by atoms with Crippen LogP contribution in [0, 0.1) is 5.41 Å². The standard InChI is InChI=1S/C21H25ClN4O2S/c1-29(28)17-10-23-19(24-18(17)25-21(13-27)5-2-6-21)26-11-20(12-26)8-14-3-4-16(22)7-15(14)9-20/h3-4,7,10,27H,2,5-6,8-9,11-13H2,1H3,(H,23,24,25). The third kappa shape index (κ3) is 3.33. The van der Waals surface area contributed by atoms with Gasteiger partial charge in [-0.2, -0.15) is 4.98 Å². The number of fused-ring (bicyclic) bond motifs is 1. The number of halogens is 1. The fourth-order valence-corrected chi connectivity index (χ4v) is 5.69. The lowest BCUT2D eigenvalue weighted by molar-refractivity contribution is 0.143. The van der Waals surface area contributed by atoms with E-state index >= 15 is 0 Å². The summed E-state index contributed by atoms with van der Waals surface area (Å²) in [6.45, 7) is 1.85. The molecular weight excluding hydrogens is 408 g/mol. The van der Waals surface area contributed by atoms with E-state index < -0.39 is 10.8 Å². The van der Waals surface area contributed by atoms with Gasteiger partial charge in [0.15, 0.2) is 0 Å². The van der Waals surface area contributed by atoms with Crippen molar-refractivity contribution in [3.63, 3.8) is 0 Å². The molecule has 1 aliphatic heterocycles. The third-order valence-electron chi connectivity index (χ3n) is 6.68. The number of nitrogens with one attached hydrogen (secondary N) is 1. The van der Waals surface area contributed by atoms with Crippen LogP contribution in [-0.2, 0) is 23.6 Å². The van der Waals surface area contributed by atoms with Crippen molar-refractivity contribution in [2.24, 2.45) is 5.41 Å². The lowest BCUT2D eigenvalue weighted by Crippen LogP contribution is -2.57. The van der Waals surface area contributed by atoms with E-state index in [2.05, 4.69) is 27.3 Å². The average molecular weight is 433 g/mol. The zero-order valence-corrected chi connectivity index (χ0v) is 18.0. The molecule has 6 nitrogen and oxygen atoms in total. The number of aliphatic hydroxyl groups is 1. The number of rotatable bonds is 5. The molecule has 3 aliphatic rings. The maximum atomic E-state index is 12.2.